The fourth-order valence-corrected chi connectivity index (χ4v) is 5.69. The van der Waals surface area contributed by atoms with Gasteiger partial charge in [0.25, 0.3) is 0 Å². The number of benzene rings is 2. The average Bonchev–Trinajstić information content (AvgIpc) is 3.06. The van der Waals surface area contributed by atoms with Crippen molar-refractivity contribution in [3.63, 3.8) is 0 Å². The second kappa shape index (κ2) is 6.81. The van der Waals surface area contributed by atoms with Crippen molar-refractivity contribution in [1.82, 2.24) is 4.90 Å². The van der Waals surface area contributed by atoms with Gasteiger partial charge in [0, 0.05) is 25.3 Å². The van der Waals surface area contributed by atoms with Crippen LogP contribution in [0.1, 0.15) is 28.4 Å². The number of hydrogen-bond acceptors (Lipinski definition) is 4. The van der Waals surface area contributed by atoms with Gasteiger partial charge in [-0.25, -0.2) is 8.42 Å². The quantitative estimate of drug-likeness (QED) is 0.895. The number of rotatable bonds is 5. The lowest BCUT2D eigenvalue weighted by Crippen LogP contribution is -2.32. The Kier molecular flexibility index (Phi) is 4.52. The van der Waals surface area contributed by atoms with Crippen molar-refractivity contribution in [3.8, 4) is 0 Å². The zero-order valence-corrected chi connectivity index (χ0v) is 15.1. The summed E-state index contributed by atoms with van der Waals surface area (Å²) in [5.41, 5.74) is 4.70. The molecule has 5 heteroatoms. The van der Waals surface area contributed by atoms with E-state index < -0.39 is 15.1 Å². The molecule has 2 aliphatic heterocycles. The van der Waals surface area contributed by atoms with Crippen LogP contribution in [0.2, 0.25) is 0 Å². The highest BCUT2D eigenvalue weighted by molar-refractivity contribution is 7.91. The largest absolute Gasteiger partial charge is 0.383 e. The Morgan fingerprint density at radius 2 is 1.80 bits per heavy atom. The average molecular weight is 356 g/mol. The molecule has 4 nitrogen and oxygen atoms in total. The third-order valence-corrected chi connectivity index (χ3v) is 7.48. The molecule has 132 valence electrons. The molecule has 2 aliphatic rings. The summed E-state index contributed by atoms with van der Waals surface area (Å²) in [6.45, 7) is 3.29. The second-order valence-corrected chi connectivity index (χ2v) is 9.28. The van der Waals surface area contributed by atoms with Crippen LogP contribution >= 0.6 is 0 Å². The molecule has 0 amide bonds. The van der Waals surface area contributed by atoms with Gasteiger partial charge < -0.3 is 5.32 Å². The Balaban J connectivity index is 1.35. The molecule has 1 atom stereocenters. The van der Waals surface area contributed by atoms with Crippen LogP contribution in [-0.2, 0) is 22.8 Å². The highest BCUT2D eigenvalue weighted by Gasteiger charge is 2.32. The SMILES string of the molecule is O=S(=O)(CCCN1CCc2ccccc2C1)C1CNc2ccccc21. The van der Waals surface area contributed by atoms with E-state index in [1.54, 1.807) is 0 Å². The molecule has 25 heavy (non-hydrogen) atoms. The van der Waals surface area contributed by atoms with E-state index in [4.69, 9.17) is 0 Å². The van der Waals surface area contributed by atoms with E-state index in [9.17, 15) is 8.42 Å². The van der Waals surface area contributed by atoms with Crippen molar-refractivity contribution in [1.29, 1.82) is 0 Å². The van der Waals surface area contributed by atoms with Crippen LogP contribution < -0.4 is 5.32 Å². The van der Waals surface area contributed by atoms with Crippen molar-refractivity contribution < 1.29 is 8.42 Å². The van der Waals surface area contributed by atoms with Crippen LogP contribution in [0.5, 0.6) is 0 Å². The Morgan fingerprint density at radius 1 is 1.04 bits per heavy atom. The normalized spacial score (nSPS) is 19.9. The van der Waals surface area contributed by atoms with Gasteiger partial charge in [-0.2, -0.15) is 0 Å². The first-order valence-electron chi connectivity index (χ1n) is 8.97. The lowest BCUT2D eigenvalue weighted by molar-refractivity contribution is 0.255. The summed E-state index contributed by atoms with van der Waals surface area (Å²) in [5.74, 6) is 0.256. The number of hydrogen-bond donors (Lipinski definition) is 1. The van der Waals surface area contributed by atoms with Crippen LogP contribution in [-0.4, -0.2) is 38.7 Å². The first kappa shape index (κ1) is 16.6. The van der Waals surface area contributed by atoms with E-state index in [0.717, 1.165) is 37.3 Å². The Bertz CT molecular complexity index is 864. The molecule has 0 radical (unpaired) electrons. The minimum Gasteiger partial charge on any atom is -0.383 e. The van der Waals surface area contributed by atoms with Crippen LogP contribution in [0.4, 0.5) is 5.69 Å². The minimum absolute atomic E-state index is 0.256. The fourth-order valence-electron chi connectivity index (χ4n) is 3.95. The van der Waals surface area contributed by atoms with Gasteiger partial charge in [0.15, 0.2) is 9.84 Å². The second-order valence-electron chi connectivity index (χ2n) is 6.97. The molecule has 0 saturated carbocycles. The molecule has 1 unspecified atom stereocenters. The highest BCUT2D eigenvalue weighted by atomic mass is 32.2. The van der Waals surface area contributed by atoms with Gasteiger partial charge in [-0.15, -0.1) is 0 Å². The van der Waals surface area contributed by atoms with E-state index in [1.165, 1.54) is 11.1 Å². The third kappa shape index (κ3) is 3.44. The molecule has 0 saturated heterocycles. The highest BCUT2D eigenvalue weighted by Crippen LogP contribution is 2.35. The maximum Gasteiger partial charge on any atom is 0.159 e. The van der Waals surface area contributed by atoms with Gasteiger partial charge in [0.2, 0.25) is 0 Å². The molecule has 2 heterocycles. The number of nitrogens with one attached hydrogen (secondary N) is 1. The van der Waals surface area contributed by atoms with E-state index >= 15 is 0 Å². The molecule has 0 aliphatic carbocycles. The van der Waals surface area contributed by atoms with Gasteiger partial charge in [0.1, 0.15) is 5.25 Å². The molecular weight excluding hydrogens is 332 g/mol. The van der Waals surface area contributed by atoms with Crippen molar-refractivity contribution >= 4 is 15.5 Å². The first-order chi connectivity index (χ1) is 12.1. The number of para-hydroxylation sites is 1. The summed E-state index contributed by atoms with van der Waals surface area (Å²) in [6, 6.07) is 16.3. The van der Waals surface area contributed by atoms with Crippen molar-refractivity contribution in [2.75, 3.05) is 30.7 Å². The first-order valence-corrected chi connectivity index (χ1v) is 10.7. The van der Waals surface area contributed by atoms with Crippen molar-refractivity contribution in [3.05, 3.63) is 65.2 Å². The van der Waals surface area contributed by atoms with E-state index in [2.05, 4.69) is 34.5 Å². The molecule has 1 N–H and O–H groups in total. The maximum atomic E-state index is 12.8. The standard InChI is InChI=1S/C20H24N2O2S/c23-25(24,20-14-21-19-9-4-3-8-18(19)20)13-5-11-22-12-10-16-6-1-2-7-17(16)15-22/h1-4,6-9,20-21H,5,10-15H2. The topological polar surface area (TPSA) is 49.4 Å². The zero-order chi connectivity index (χ0) is 17.3. The number of nitrogens with zero attached hydrogens (tertiary/aromatic N) is 1. The Morgan fingerprint density at radius 3 is 2.68 bits per heavy atom. The molecule has 0 spiro atoms. The van der Waals surface area contributed by atoms with Crippen LogP contribution in [0.3, 0.4) is 0 Å². The molecule has 2 aromatic rings. The summed E-state index contributed by atoms with van der Waals surface area (Å²) < 4.78 is 25.6. The minimum atomic E-state index is -3.12. The van der Waals surface area contributed by atoms with Crippen molar-refractivity contribution in [2.45, 2.75) is 24.6 Å². The molecular formula is C20H24N2O2S. The third-order valence-electron chi connectivity index (χ3n) is 5.33. The molecule has 0 fully saturated rings. The van der Waals surface area contributed by atoms with Gasteiger partial charge in [-0.3, -0.25) is 4.90 Å². The van der Waals surface area contributed by atoms with Crippen LogP contribution in [0.15, 0.2) is 48.5 Å². The zero-order valence-electron chi connectivity index (χ0n) is 14.3. The summed E-state index contributed by atoms with van der Waals surface area (Å²) in [6.07, 6.45) is 1.76. The number of anilines is 1. The van der Waals surface area contributed by atoms with E-state index in [1.807, 2.05) is 24.3 Å². The summed E-state index contributed by atoms with van der Waals surface area (Å²) in [5, 5.41) is 2.82. The van der Waals surface area contributed by atoms with Gasteiger partial charge in [-0.05, 0) is 42.1 Å². The van der Waals surface area contributed by atoms with Gasteiger partial charge in [-0.1, -0.05) is 42.5 Å². The summed E-state index contributed by atoms with van der Waals surface area (Å²) in [7, 11) is -3.12. The van der Waals surface area contributed by atoms with E-state index in [-0.39, 0.29) is 5.75 Å². The summed E-state index contributed by atoms with van der Waals surface area (Å²) in [4.78, 5) is 2.37. The Labute approximate surface area is 149 Å². The van der Waals surface area contributed by atoms with Crippen LogP contribution in [0, 0.1) is 0 Å². The summed E-state index contributed by atoms with van der Waals surface area (Å²) >= 11 is 0. The lowest BCUT2D eigenvalue weighted by Gasteiger charge is -2.28. The van der Waals surface area contributed by atoms with Crippen LogP contribution in [0.25, 0.3) is 0 Å². The van der Waals surface area contributed by atoms with Gasteiger partial charge >= 0.3 is 0 Å². The Hall–Kier alpha value is -1.85. The monoisotopic (exact) mass is 356 g/mol. The maximum absolute atomic E-state index is 12.8. The lowest BCUT2D eigenvalue weighted by atomic mass is 10.00. The molecule has 0 bridgehead atoms. The molecule has 0 aromatic heterocycles. The number of sulfone groups is 1. The predicted molar refractivity (Wildman–Crippen MR) is 101 cm³/mol. The molecule has 2 aromatic carbocycles. The predicted octanol–water partition coefficient (Wildman–Crippen LogP) is 3.02. The van der Waals surface area contributed by atoms with E-state index in [0.29, 0.717) is 13.0 Å². The fraction of sp³-hybridized carbons (Fsp3) is 0.400. The smallest absolute Gasteiger partial charge is 0.159 e. The van der Waals surface area contributed by atoms with Crippen molar-refractivity contribution in [2.24, 2.45) is 0 Å². The van der Waals surface area contributed by atoms with Gasteiger partial charge in [0.05, 0.1) is 5.75 Å². The molecule has 4 rings (SSSR count). The number of fused-ring (bicyclic) bond motifs is 2.